The van der Waals surface area contributed by atoms with Crippen molar-refractivity contribution >= 4 is 13.1 Å². The summed E-state index contributed by atoms with van der Waals surface area (Å²) in [5.41, 5.74) is 0. The molecular formula is C3H5BO3. The molecule has 0 atom stereocenters. The summed E-state index contributed by atoms with van der Waals surface area (Å²) in [5.74, 6) is -0.271. The van der Waals surface area contributed by atoms with Crippen LogP contribution in [0.1, 0.15) is 0 Å². The summed E-state index contributed by atoms with van der Waals surface area (Å²) in [5, 5.41) is 0. The van der Waals surface area contributed by atoms with Crippen LogP contribution in [0, 0.1) is 0 Å². The lowest BCUT2D eigenvalue weighted by molar-refractivity contribution is -0.132. The highest BCUT2D eigenvalue weighted by atomic mass is 16.7. The van der Waals surface area contributed by atoms with Gasteiger partial charge in [-0.05, 0) is 6.82 Å². The van der Waals surface area contributed by atoms with Crippen molar-refractivity contribution in [3.05, 3.63) is 0 Å². The molecule has 0 aromatic carbocycles. The molecule has 0 spiro atoms. The van der Waals surface area contributed by atoms with Gasteiger partial charge in [-0.15, -0.1) is 0 Å². The van der Waals surface area contributed by atoms with Gasteiger partial charge in [0.2, 0.25) is 0 Å². The molecule has 7 heavy (non-hydrogen) atoms. The lowest BCUT2D eigenvalue weighted by Crippen LogP contribution is -2.06. The molecule has 0 aromatic heterocycles. The van der Waals surface area contributed by atoms with Crippen LogP contribution in [0.3, 0.4) is 0 Å². The van der Waals surface area contributed by atoms with E-state index in [2.05, 4.69) is 4.65 Å². The van der Waals surface area contributed by atoms with E-state index < -0.39 is 0 Å². The largest absolute Gasteiger partial charge is 0.524 e. The van der Waals surface area contributed by atoms with Gasteiger partial charge in [0.25, 0.3) is 0 Å². The van der Waals surface area contributed by atoms with Crippen LogP contribution in [-0.2, 0) is 14.1 Å². The summed E-state index contributed by atoms with van der Waals surface area (Å²) in [6.45, 7) is 1.80. The monoisotopic (exact) mass is 100 g/mol. The Balaban J connectivity index is 2.40. The van der Waals surface area contributed by atoms with Crippen LogP contribution < -0.4 is 0 Å². The van der Waals surface area contributed by atoms with Gasteiger partial charge < -0.3 is 9.31 Å². The predicted octanol–water partition coefficient (Wildman–Crippen LogP) is -0.322. The highest BCUT2D eigenvalue weighted by molar-refractivity contribution is 6.46. The second-order valence-electron chi connectivity index (χ2n) is 1.37. The molecule has 4 heteroatoms. The highest BCUT2D eigenvalue weighted by Gasteiger charge is 2.24. The van der Waals surface area contributed by atoms with Crippen LogP contribution in [0.25, 0.3) is 0 Å². The lowest BCUT2D eigenvalue weighted by atomic mass is 9.97. The first kappa shape index (κ1) is 4.65. The third-order valence-corrected chi connectivity index (χ3v) is 0.733. The smallest absolute Gasteiger partial charge is 0.508 e. The van der Waals surface area contributed by atoms with Gasteiger partial charge in [0.1, 0.15) is 6.61 Å². The van der Waals surface area contributed by atoms with Gasteiger partial charge in [-0.3, -0.25) is 4.79 Å². The Morgan fingerprint density at radius 2 is 2.57 bits per heavy atom. The van der Waals surface area contributed by atoms with Crippen LogP contribution in [0.4, 0.5) is 0 Å². The van der Waals surface area contributed by atoms with E-state index >= 15 is 0 Å². The molecule has 0 aliphatic carbocycles. The molecule has 38 valence electrons. The van der Waals surface area contributed by atoms with Gasteiger partial charge in [-0.2, -0.15) is 0 Å². The Bertz CT molecular complexity index is 92.2. The summed E-state index contributed by atoms with van der Waals surface area (Å²) in [6, 6.07) is 0. The molecule has 0 bridgehead atoms. The molecule has 1 heterocycles. The molecule has 0 saturated carbocycles. The zero-order valence-corrected chi connectivity index (χ0v) is 4.01. The second-order valence-corrected chi connectivity index (χ2v) is 1.37. The van der Waals surface area contributed by atoms with E-state index in [0.29, 0.717) is 0 Å². The summed E-state index contributed by atoms with van der Waals surface area (Å²) < 4.78 is 9.19. The number of hydrogen-bond donors (Lipinski definition) is 0. The fourth-order valence-corrected chi connectivity index (χ4v) is 0.439. The fourth-order valence-electron chi connectivity index (χ4n) is 0.439. The Hall–Kier alpha value is -0.505. The topological polar surface area (TPSA) is 35.5 Å². The highest BCUT2D eigenvalue weighted by Crippen LogP contribution is 1.97. The van der Waals surface area contributed by atoms with Crippen molar-refractivity contribution in [1.29, 1.82) is 0 Å². The first-order chi connectivity index (χ1) is 3.29. The summed E-state index contributed by atoms with van der Waals surface area (Å²) in [7, 11) is -0.326. The Kier molecular flexibility index (Phi) is 1.02. The summed E-state index contributed by atoms with van der Waals surface area (Å²) >= 11 is 0. The van der Waals surface area contributed by atoms with Crippen molar-refractivity contribution in [3.63, 3.8) is 0 Å². The van der Waals surface area contributed by atoms with Crippen LogP contribution >= 0.6 is 0 Å². The second kappa shape index (κ2) is 1.54. The van der Waals surface area contributed by atoms with Gasteiger partial charge in [-0.1, -0.05) is 0 Å². The van der Waals surface area contributed by atoms with Crippen LogP contribution in [-0.4, -0.2) is 19.7 Å². The van der Waals surface area contributed by atoms with Gasteiger partial charge in [-0.25, -0.2) is 0 Å². The fraction of sp³-hybridized carbons (Fsp3) is 0.667. The number of carbonyl (C=O) groups excluding carboxylic acids is 1. The van der Waals surface area contributed by atoms with E-state index in [9.17, 15) is 4.79 Å². The summed E-state index contributed by atoms with van der Waals surface area (Å²) in [4.78, 5) is 10.1. The molecule has 1 fully saturated rings. The maximum Gasteiger partial charge on any atom is 0.524 e. The average molecular weight is 99.9 g/mol. The van der Waals surface area contributed by atoms with E-state index in [1.807, 2.05) is 0 Å². The molecule has 0 aromatic rings. The zero-order chi connectivity index (χ0) is 5.28. The third-order valence-electron chi connectivity index (χ3n) is 0.733. The van der Waals surface area contributed by atoms with Gasteiger partial charge >= 0.3 is 13.1 Å². The van der Waals surface area contributed by atoms with Crippen LogP contribution in [0.5, 0.6) is 0 Å². The molecule has 0 unspecified atom stereocenters. The molecule has 0 radical (unpaired) electrons. The first-order valence-corrected chi connectivity index (χ1v) is 2.10. The molecule has 1 aliphatic rings. The number of hydrogen-bond acceptors (Lipinski definition) is 3. The maximum atomic E-state index is 10.1. The Morgan fingerprint density at radius 3 is 2.71 bits per heavy atom. The van der Waals surface area contributed by atoms with Crippen LogP contribution in [0.15, 0.2) is 0 Å². The molecule has 1 saturated heterocycles. The van der Waals surface area contributed by atoms with Crippen LogP contribution in [0.2, 0.25) is 6.82 Å². The molecule has 1 rings (SSSR count). The standard InChI is InChI=1S/C3H5BO3/c1-4-6-2-3(5)7-4/h2H2,1H3. The zero-order valence-electron chi connectivity index (χ0n) is 4.01. The van der Waals surface area contributed by atoms with Crippen molar-refractivity contribution in [1.82, 2.24) is 0 Å². The minimum atomic E-state index is -0.326. The van der Waals surface area contributed by atoms with E-state index in [0.717, 1.165) is 0 Å². The normalized spacial score (nSPS) is 20.1. The molecule has 3 nitrogen and oxygen atoms in total. The van der Waals surface area contributed by atoms with Crippen molar-refractivity contribution in [2.75, 3.05) is 6.61 Å². The van der Waals surface area contributed by atoms with E-state index in [1.54, 1.807) is 6.82 Å². The Labute approximate surface area is 41.7 Å². The molecular weight excluding hydrogens is 94.8 g/mol. The van der Waals surface area contributed by atoms with Crippen molar-refractivity contribution < 1.29 is 14.1 Å². The lowest BCUT2D eigenvalue weighted by Gasteiger charge is -1.88. The molecule has 0 amide bonds. The predicted molar refractivity (Wildman–Crippen MR) is 23.7 cm³/mol. The third kappa shape index (κ3) is 0.930. The number of carbonyl (C=O) groups is 1. The summed E-state index contributed by atoms with van der Waals surface area (Å²) in [6.07, 6.45) is 0. The molecule has 0 N–H and O–H groups in total. The van der Waals surface area contributed by atoms with E-state index in [1.165, 1.54) is 0 Å². The minimum Gasteiger partial charge on any atom is -0.508 e. The van der Waals surface area contributed by atoms with Gasteiger partial charge in [0, 0.05) is 0 Å². The van der Waals surface area contributed by atoms with Gasteiger partial charge in [0.15, 0.2) is 0 Å². The Morgan fingerprint density at radius 1 is 1.86 bits per heavy atom. The van der Waals surface area contributed by atoms with Crippen molar-refractivity contribution in [3.8, 4) is 0 Å². The maximum absolute atomic E-state index is 10.1. The van der Waals surface area contributed by atoms with E-state index in [-0.39, 0.29) is 19.7 Å². The van der Waals surface area contributed by atoms with Crippen molar-refractivity contribution in [2.45, 2.75) is 6.82 Å². The van der Waals surface area contributed by atoms with Gasteiger partial charge in [0.05, 0.1) is 0 Å². The minimum absolute atomic E-state index is 0.112. The van der Waals surface area contributed by atoms with Crippen molar-refractivity contribution in [2.24, 2.45) is 0 Å². The first-order valence-electron chi connectivity index (χ1n) is 2.10. The average Bonchev–Trinajstić information content (AvgIpc) is 1.87. The SMILES string of the molecule is CB1OCC(=O)O1. The molecule has 1 aliphatic heterocycles. The number of rotatable bonds is 0. The quantitative estimate of drug-likeness (QED) is 0.391. The van der Waals surface area contributed by atoms with E-state index in [4.69, 9.17) is 4.65 Å².